The summed E-state index contributed by atoms with van der Waals surface area (Å²) in [5.74, 6) is -3.26. The van der Waals surface area contributed by atoms with Gasteiger partial charge in [0, 0.05) is 24.7 Å². The van der Waals surface area contributed by atoms with Crippen LogP contribution in [-0.4, -0.2) is 50.8 Å². The second kappa shape index (κ2) is 8.58. The van der Waals surface area contributed by atoms with E-state index in [9.17, 15) is 22.8 Å². The topological polar surface area (TPSA) is 80.1 Å². The first-order valence-corrected chi connectivity index (χ1v) is 9.64. The van der Waals surface area contributed by atoms with E-state index < -0.39 is 17.5 Å². The Bertz CT molecular complexity index is 1110. The molecule has 7 nitrogen and oxygen atoms in total. The number of likely N-dealkylation sites (tertiary alicyclic amines) is 1. The zero-order valence-electron chi connectivity index (χ0n) is 16.3. The molecule has 10 heteroatoms. The minimum atomic E-state index is -1.08. The number of nitrogens with one attached hydrogen (secondary N) is 1. The standard InChI is InChI=1S/C21H18F3N5O2/c22-14-2-4-16(5-3-14)29-12-19(26-27-29)21(31)28-9-7-15(8-10-28)25-20(30)13-1-6-17(23)18(24)11-13/h1-6,11-12,15H,7-10H2,(H,25,30). The Morgan fingerprint density at radius 1 is 0.968 bits per heavy atom. The molecule has 0 unspecified atom stereocenters. The Morgan fingerprint density at radius 3 is 2.35 bits per heavy atom. The summed E-state index contributed by atoms with van der Waals surface area (Å²) in [6, 6.07) is 8.42. The molecule has 160 valence electrons. The van der Waals surface area contributed by atoms with Crippen molar-refractivity contribution in [3.05, 3.63) is 77.4 Å². The summed E-state index contributed by atoms with van der Waals surface area (Å²) in [4.78, 5) is 26.6. The van der Waals surface area contributed by atoms with Gasteiger partial charge in [0.15, 0.2) is 17.3 Å². The summed E-state index contributed by atoms with van der Waals surface area (Å²) in [5.41, 5.74) is 0.773. The normalized spacial score (nSPS) is 14.5. The van der Waals surface area contributed by atoms with Crippen molar-refractivity contribution in [2.24, 2.45) is 0 Å². The average Bonchev–Trinajstić information content (AvgIpc) is 3.26. The van der Waals surface area contributed by atoms with Crippen molar-refractivity contribution in [3.63, 3.8) is 0 Å². The summed E-state index contributed by atoms with van der Waals surface area (Å²) in [6.07, 6.45) is 2.49. The summed E-state index contributed by atoms with van der Waals surface area (Å²) in [7, 11) is 0. The van der Waals surface area contributed by atoms with E-state index in [1.165, 1.54) is 41.2 Å². The van der Waals surface area contributed by atoms with Crippen LogP contribution >= 0.6 is 0 Å². The van der Waals surface area contributed by atoms with Crippen LogP contribution < -0.4 is 5.32 Å². The highest BCUT2D eigenvalue weighted by molar-refractivity contribution is 5.94. The number of aromatic nitrogens is 3. The van der Waals surface area contributed by atoms with E-state index in [1.807, 2.05) is 0 Å². The lowest BCUT2D eigenvalue weighted by Crippen LogP contribution is -2.46. The van der Waals surface area contributed by atoms with Gasteiger partial charge in [-0.2, -0.15) is 0 Å². The summed E-state index contributed by atoms with van der Waals surface area (Å²) < 4.78 is 40.8. The predicted octanol–water partition coefficient (Wildman–Crippen LogP) is 2.72. The smallest absolute Gasteiger partial charge is 0.276 e. The molecule has 1 aliphatic rings. The molecule has 4 rings (SSSR count). The third-order valence-corrected chi connectivity index (χ3v) is 5.10. The predicted molar refractivity (Wildman–Crippen MR) is 104 cm³/mol. The fraction of sp³-hybridized carbons (Fsp3) is 0.238. The third kappa shape index (κ3) is 4.57. The Balaban J connectivity index is 1.33. The van der Waals surface area contributed by atoms with Gasteiger partial charge in [-0.3, -0.25) is 9.59 Å². The van der Waals surface area contributed by atoms with Crippen molar-refractivity contribution >= 4 is 11.8 Å². The number of hydrogen-bond donors (Lipinski definition) is 1. The Morgan fingerprint density at radius 2 is 1.68 bits per heavy atom. The van der Waals surface area contributed by atoms with Gasteiger partial charge in [-0.1, -0.05) is 5.21 Å². The fourth-order valence-electron chi connectivity index (χ4n) is 3.38. The van der Waals surface area contributed by atoms with E-state index in [-0.39, 0.29) is 29.0 Å². The number of benzene rings is 2. The first kappa shape index (κ1) is 20.6. The number of amides is 2. The number of halogens is 3. The second-order valence-corrected chi connectivity index (χ2v) is 7.19. The van der Waals surface area contributed by atoms with Crippen LogP contribution in [0.4, 0.5) is 13.2 Å². The second-order valence-electron chi connectivity index (χ2n) is 7.19. The van der Waals surface area contributed by atoms with Gasteiger partial charge in [-0.05, 0) is 55.3 Å². The molecule has 0 saturated carbocycles. The molecule has 2 heterocycles. The molecule has 3 aromatic rings. The van der Waals surface area contributed by atoms with Crippen molar-refractivity contribution < 1.29 is 22.8 Å². The van der Waals surface area contributed by atoms with Crippen molar-refractivity contribution in [3.8, 4) is 5.69 Å². The Hall–Kier alpha value is -3.69. The SMILES string of the molecule is O=C(NC1CCN(C(=O)c2cn(-c3ccc(F)cc3)nn2)CC1)c1ccc(F)c(F)c1. The fourth-order valence-corrected chi connectivity index (χ4v) is 3.38. The maximum absolute atomic E-state index is 13.3. The molecule has 1 saturated heterocycles. The van der Waals surface area contributed by atoms with Crippen LogP contribution in [0.2, 0.25) is 0 Å². The van der Waals surface area contributed by atoms with E-state index in [2.05, 4.69) is 15.6 Å². The van der Waals surface area contributed by atoms with Crippen molar-refractivity contribution in [1.82, 2.24) is 25.2 Å². The van der Waals surface area contributed by atoms with Crippen LogP contribution in [0.25, 0.3) is 5.69 Å². The van der Waals surface area contributed by atoms with E-state index in [0.29, 0.717) is 31.6 Å². The number of rotatable bonds is 4. The van der Waals surface area contributed by atoms with Crippen molar-refractivity contribution in [1.29, 1.82) is 0 Å². The number of carbonyl (C=O) groups excluding carboxylic acids is 2. The lowest BCUT2D eigenvalue weighted by Gasteiger charge is -2.31. The van der Waals surface area contributed by atoms with Crippen LogP contribution in [0.5, 0.6) is 0 Å². The van der Waals surface area contributed by atoms with Crippen LogP contribution in [0, 0.1) is 17.5 Å². The quantitative estimate of drug-likeness (QED) is 0.692. The maximum atomic E-state index is 13.3. The molecule has 1 aromatic heterocycles. The highest BCUT2D eigenvalue weighted by Crippen LogP contribution is 2.16. The summed E-state index contributed by atoms with van der Waals surface area (Å²) in [6.45, 7) is 0.788. The third-order valence-electron chi connectivity index (χ3n) is 5.10. The zero-order chi connectivity index (χ0) is 22.0. The molecule has 2 aromatic carbocycles. The van der Waals surface area contributed by atoms with Crippen molar-refractivity contribution in [2.45, 2.75) is 18.9 Å². The van der Waals surface area contributed by atoms with Crippen molar-refractivity contribution in [2.75, 3.05) is 13.1 Å². The molecular formula is C21H18F3N5O2. The van der Waals surface area contributed by atoms with E-state index >= 15 is 0 Å². The number of carbonyl (C=O) groups is 2. The van der Waals surface area contributed by atoms with Gasteiger partial charge in [0.1, 0.15) is 5.82 Å². The van der Waals surface area contributed by atoms with Gasteiger partial charge in [-0.25, -0.2) is 17.9 Å². The number of nitrogens with zero attached hydrogens (tertiary/aromatic N) is 4. The van der Waals surface area contributed by atoms with Gasteiger partial charge in [-0.15, -0.1) is 5.10 Å². The molecule has 1 aliphatic heterocycles. The summed E-state index contributed by atoms with van der Waals surface area (Å²) >= 11 is 0. The Kier molecular flexibility index (Phi) is 5.70. The first-order valence-electron chi connectivity index (χ1n) is 9.64. The van der Waals surface area contributed by atoms with Crippen LogP contribution in [0.15, 0.2) is 48.7 Å². The highest BCUT2D eigenvalue weighted by atomic mass is 19.2. The van der Waals surface area contributed by atoms with Gasteiger partial charge in [0.2, 0.25) is 0 Å². The molecule has 31 heavy (non-hydrogen) atoms. The van der Waals surface area contributed by atoms with Crippen LogP contribution in [0.3, 0.4) is 0 Å². The van der Waals surface area contributed by atoms with Gasteiger partial charge in [0.05, 0.1) is 11.9 Å². The molecule has 0 spiro atoms. The number of hydrogen-bond acceptors (Lipinski definition) is 4. The Labute approximate surface area is 175 Å². The molecular weight excluding hydrogens is 411 g/mol. The molecule has 2 amide bonds. The first-order chi connectivity index (χ1) is 14.9. The average molecular weight is 429 g/mol. The summed E-state index contributed by atoms with van der Waals surface area (Å²) in [5, 5.41) is 10.6. The monoisotopic (exact) mass is 429 g/mol. The van der Waals surface area contributed by atoms with Gasteiger partial charge >= 0.3 is 0 Å². The van der Waals surface area contributed by atoms with E-state index in [1.54, 1.807) is 4.90 Å². The minimum absolute atomic E-state index is 0.0369. The maximum Gasteiger partial charge on any atom is 0.276 e. The van der Waals surface area contributed by atoms with Crippen LogP contribution in [-0.2, 0) is 0 Å². The molecule has 0 bridgehead atoms. The van der Waals surface area contributed by atoms with Crippen LogP contribution in [0.1, 0.15) is 33.7 Å². The van der Waals surface area contributed by atoms with Gasteiger partial charge in [0.25, 0.3) is 11.8 Å². The number of piperidine rings is 1. The van der Waals surface area contributed by atoms with Gasteiger partial charge < -0.3 is 10.2 Å². The molecule has 0 radical (unpaired) electrons. The molecule has 0 atom stereocenters. The van der Waals surface area contributed by atoms with E-state index in [4.69, 9.17) is 0 Å². The zero-order valence-corrected chi connectivity index (χ0v) is 16.3. The molecule has 1 fully saturated rings. The largest absolute Gasteiger partial charge is 0.349 e. The lowest BCUT2D eigenvalue weighted by atomic mass is 10.0. The van der Waals surface area contributed by atoms with E-state index in [0.717, 1.165) is 12.1 Å². The lowest BCUT2D eigenvalue weighted by molar-refractivity contribution is 0.0692. The molecule has 1 N–H and O–H groups in total. The minimum Gasteiger partial charge on any atom is -0.349 e. The molecule has 0 aliphatic carbocycles. The highest BCUT2D eigenvalue weighted by Gasteiger charge is 2.26.